The summed E-state index contributed by atoms with van der Waals surface area (Å²) in [5, 5.41) is 0.384. The van der Waals surface area contributed by atoms with Crippen molar-refractivity contribution in [1.82, 2.24) is 0 Å². The predicted molar refractivity (Wildman–Crippen MR) is 181 cm³/mol. The number of fused-ring (bicyclic) bond motifs is 1. The molecule has 0 aliphatic rings. The topological polar surface area (TPSA) is 93.4 Å². The normalized spacial score (nSPS) is 10.9. The van der Waals surface area contributed by atoms with E-state index in [1.807, 2.05) is 44.2 Å². The molecule has 4 aromatic rings. The fourth-order valence-electron chi connectivity index (χ4n) is 4.49. The lowest BCUT2D eigenvalue weighted by atomic mass is 10.0. The Bertz CT molecular complexity index is 1570. The van der Waals surface area contributed by atoms with Gasteiger partial charge in [-0.1, -0.05) is 34.1 Å². The van der Waals surface area contributed by atoms with Crippen LogP contribution < -0.4 is 29.1 Å². The zero-order chi connectivity index (χ0) is 33.5. The van der Waals surface area contributed by atoms with Gasteiger partial charge >= 0.3 is 0 Å². The van der Waals surface area contributed by atoms with Crippen LogP contribution in [0.4, 0.5) is 0 Å². The van der Waals surface area contributed by atoms with Crippen molar-refractivity contribution < 1.29 is 32.9 Å². The average Bonchev–Trinajstić information content (AvgIpc) is 3.08. The second-order valence-electron chi connectivity index (χ2n) is 10.2. The molecule has 3 aromatic carbocycles. The fourth-order valence-corrected chi connectivity index (χ4v) is 4.49. The van der Waals surface area contributed by atoms with Gasteiger partial charge in [0.2, 0.25) is 0 Å². The third-order valence-electron chi connectivity index (χ3n) is 7.33. The molecule has 0 spiro atoms. The van der Waals surface area contributed by atoms with Crippen LogP contribution in [-0.4, -0.2) is 40.8 Å². The van der Waals surface area contributed by atoms with E-state index in [0.717, 1.165) is 30.3 Å². The Hall–Kier alpha value is -4.46. The molecule has 0 N–H and O–H groups in total. The SMILES string of the molecule is CC.CCC(C)CCCOc1ccc(C(C)=O)cc1.COc1cc(OC)c2c(=O)c(C)c(-c3ccc(OC)c(OC)c3)oc2c1. The molecule has 45 heavy (non-hydrogen) atoms. The summed E-state index contributed by atoms with van der Waals surface area (Å²) in [6.45, 7) is 12.5. The highest BCUT2D eigenvalue weighted by molar-refractivity contribution is 5.94. The van der Waals surface area contributed by atoms with Gasteiger partial charge in [-0.25, -0.2) is 0 Å². The quantitative estimate of drug-likeness (QED) is 0.114. The Labute approximate surface area is 267 Å². The van der Waals surface area contributed by atoms with E-state index in [4.69, 9.17) is 28.1 Å². The lowest BCUT2D eigenvalue weighted by Gasteiger charge is -2.13. The molecule has 0 aliphatic carbocycles. The second-order valence-corrected chi connectivity index (χ2v) is 10.2. The molecule has 0 amide bonds. The fraction of sp³-hybridized carbons (Fsp3) is 0.405. The van der Waals surface area contributed by atoms with Gasteiger partial charge in [-0.05, 0) is 75.1 Å². The number of hydrogen-bond acceptors (Lipinski definition) is 8. The zero-order valence-electron chi connectivity index (χ0n) is 28.4. The molecule has 0 saturated carbocycles. The highest BCUT2D eigenvalue weighted by Gasteiger charge is 2.18. The molecule has 1 heterocycles. The number of ether oxygens (including phenoxy) is 5. The number of ketones is 1. The Morgan fingerprint density at radius 2 is 1.47 bits per heavy atom. The number of rotatable bonds is 12. The van der Waals surface area contributed by atoms with Crippen LogP contribution >= 0.6 is 0 Å². The molecule has 1 aromatic heterocycles. The summed E-state index contributed by atoms with van der Waals surface area (Å²) >= 11 is 0. The van der Waals surface area contributed by atoms with Crippen LogP contribution in [-0.2, 0) is 0 Å². The first-order chi connectivity index (χ1) is 21.7. The molecule has 1 atom stereocenters. The third kappa shape index (κ3) is 9.76. The van der Waals surface area contributed by atoms with Crippen molar-refractivity contribution in [2.45, 2.75) is 60.8 Å². The smallest absolute Gasteiger partial charge is 0.199 e. The maximum absolute atomic E-state index is 12.9. The molecular formula is C37H48O8. The summed E-state index contributed by atoms with van der Waals surface area (Å²) < 4.78 is 32.9. The summed E-state index contributed by atoms with van der Waals surface area (Å²) in [5.41, 5.74) is 2.16. The highest BCUT2D eigenvalue weighted by atomic mass is 16.5. The maximum Gasteiger partial charge on any atom is 0.199 e. The van der Waals surface area contributed by atoms with Gasteiger partial charge in [0, 0.05) is 28.8 Å². The average molecular weight is 621 g/mol. The standard InChI is InChI=1S/C20H20O6.C15H22O2.C2H6/c1-11-19(21)18-16(25-5)9-13(22-2)10-17(18)26-20(11)12-6-7-14(23-3)15(8-12)24-4;1-4-12(2)6-5-11-17-15-9-7-14(8-10-15)13(3)16;1-2/h6-10H,1-5H3;7-10,12H,4-6,11H2,1-3H3;1-2H3. The van der Waals surface area contributed by atoms with Crippen LogP contribution in [0, 0.1) is 12.8 Å². The Balaban J connectivity index is 0.000000323. The van der Waals surface area contributed by atoms with Crippen molar-refractivity contribution >= 4 is 16.8 Å². The lowest BCUT2D eigenvalue weighted by molar-refractivity contribution is 0.101. The van der Waals surface area contributed by atoms with Crippen molar-refractivity contribution in [3.63, 3.8) is 0 Å². The van der Waals surface area contributed by atoms with E-state index in [9.17, 15) is 9.59 Å². The van der Waals surface area contributed by atoms with Gasteiger partial charge in [-0.15, -0.1) is 0 Å². The van der Waals surface area contributed by atoms with Crippen molar-refractivity contribution in [3.8, 4) is 40.1 Å². The van der Waals surface area contributed by atoms with Crippen LogP contribution in [0.3, 0.4) is 0 Å². The first kappa shape index (κ1) is 36.7. The van der Waals surface area contributed by atoms with Crippen LogP contribution in [0.1, 0.15) is 69.8 Å². The molecule has 1 unspecified atom stereocenters. The molecule has 0 fully saturated rings. The Kier molecular flexibility index (Phi) is 15.0. The van der Waals surface area contributed by atoms with Gasteiger partial charge in [-0.2, -0.15) is 0 Å². The number of methoxy groups -OCH3 is 4. The molecule has 0 bridgehead atoms. The lowest BCUT2D eigenvalue weighted by Crippen LogP contribution is -2.09. The Morgan fingerprint density at radius 1 is 0.822 bits per heavy atom. The van der Waals surface area contributed by atoms with E-state index in [2.05, 4.69) is 13.8 Å². The van der Waals surface area contributed by atoms with Crippen molar-refractivity contribution in [3.05, 3.63) is 75.9 Å². The zero-order valence-corrected chi connectivity index (χ0v) is 28.4. The van der Waals surface area contributed by atoms with Crippen molar-refractivity contribution in [1.29, 1.82) is 0 Å². The van der Waals surface area contributed by atoms with Crippen LogP contribution in [0.2, 0.25) is 0 Å². The number of carbonyl (C=O) groups is 1. The molecule has 8 nitrogen and oxygen atoms in total. The van der Waals surface area contributed by atoms with Crippen molar-refractivity contribution in [2.24, 2.45) is 5.92 Å². The summed E-state index contributed by atoms with van der Waals surface area (Å²) in [6, 6.07) is 16.0. The third-order valence-corrected chi connectivity index (χ3v) is 7.33. The summed E-state index contributed by atoms with van der Waals surface area (Å²) in [5.74, 6) is 4.27. The monoisotopic (exact) mass is 620 g/mol. The molecule has 244 valence electrons. The molecule has 8 heteroatoms. The van der Waals surface area contributed by atoms with Gasteiger partial charge in [0.1, 0.15) is 34.0 Å². The maximum atomic E-state index is 12.9. The molecule has 4 rings (SSSR count). The van der Waals surface area contributed by atoms with Gasteiger partial charge in [0.25, 0.3) is 0 Å². The largest absolute Gasteiger partial charge is 0.496 e. The first-order valence-electron chi connectivity index (χ1n) is 15.3. The molecular weight excluding hydrogens is 572 g/mol. The second kappa shape index (κ2) is 18.4. The molecule has 0 radical (unpaired) electrons. The number of Topliss-reactive ketones (excluding diaryl/α,β-unsaturated/α-hetero) is 1. The summed E-state index contributed by atoms with van der Waals surface area (Å²) in [7, 11) is 6.17. The first-order valence-corrected chi connectivity index (χ1v) is 15.3. The molecule has 0 saturated heterocycles. The van der Waals surface area contributed by atoms with Gasteiger partial charge < -0.3 is 28.1 Å². The van der Waals surface area contributed by atoms with E-state index < -0.39 is 0 Å². The van der Waals surface area contributed by atoms with Crippen LogP contribution in [0.15, 0.2) is 63.8 Å². The predicted octanol–water partition coefficient (Wildman–Crippen LogP) is 8.92. The van der Waals surface area contributed by atoms with Crippen LogP contribution in [0.25, 0.3) is 22.3 Å². The van der Waals surface area contributed by atoms with E-state index in [1.165, 1.54) is 20.0 Å². The number of benzene rings is 3. The summed E-state index contributed by atoms with van der Waals surface area (Å²) in [4.78, 5) is 24.0. The van der Waals surface area contributed by atoms with E-state index >= 15 is 0 Å². The number of hydrogen-bond donors (Lipinski definition) is 0. The Morgan fingerprint density at radius 3 is 2.02 bits per heavy atom. The van der Waals surface area contributed by atoms with Gasteiger partial charge in [0.15, 0.2) is 22.7 Å². The van der Waals surface area contributed by atoms with Gasteiger partial charge in [0.05, 0.1) is 35.0 Å². The van der Waals surface area contributed by atoms with Crippen molar-refractivity contribution in [2.75, 3.05) is 35.0 Å². The highest BCUT2D eigenvalue weighted by Crippen LogP contribution is 2.36. The van der Waals surface area contributed by atoms with E-state index in [1.54, 1.807) is 59.4 Å². The van der Waals surface area contributed by atoms with Gasteiger partial charge in [-0.3, -0.25) is 9.59 Å². The van der Waals surface area contributed by atoms with Crippen LogP contribution in [0.5, 0.6) is 28.7 Å². The van der Waals surface area contributed by atoms with E-state index in [-0.39, 0.29) is 11.2 Å². The summed E-state index contributed by atoms with van der Waals surface area (Å²) in [6.07, 6.45) is 3.53. The minimum atomic E-state index is -0.157. The van der Waals surface area contributed by atoms with E-state index in [0.29, 0.717) is 50.9 Å². The number of carbonyl (C=O) groups excluding carboxylic acids is 1. The minimum absolute atomic E-state index is 0.0910. The minimum Gasteiger partial charge on any atom is -0.496 e. The molecule has 0 aliphatic heterocycles.